The van der Waals surface area contributed by atoms with Crippen LogP contribution in [0.3, 0.4) is 0 Å². The number of rotatable bonds is 6. The number of ether oxygens (including phenoxy) is 2. The fourth-order valence-electron chi connectivity index (χ4n) is 3.44. The van der Waals surface area contributed by atoms with Gasteiger partial charge in [-0.05, 0) is 43.2 Å². The van der Waals surface area contributed by atoms with Crippen LogP contribution in [0.2, 0.25) is 0 Å². The molecule has 1 unspecified atom stereocenters. The maximum atomic E-state index is 12.8. The Bertz CT molecular complexity index is 807. The number of methoxy groups -OCH3 is 2. The van der Waals surface area contributed by atoms with Crippen LogP contribution in [-0.4, -0.2) is 44.0 Å². The summed E-state index contributed by atoms with van der Waals surface area (Å²) in [5.41, 5.74) is 1.47. The average molecular weight is 368 g/mol. The summed E-state index contributed by atoms with van der Waals surface area (Å²) in [7, 11) is 3.23. The summed E-state index contributed by atoms with van der Waals surface area (Å²) in [5.74, 6) is 1.10. The molecule has 1 fully saturated rings. The van der Waals surface area contributed by atoms with Gasteiger partial charge in [0.1, 0.15) is 11.5 Å². The zero-order valence-corrected chi connectivity index (χ0v) is 15.6. The minimum atomic E-state index is -0.251. The number of hydrogen-bond donors (Lipinski definition) is 1. The van der Waals surface area contributed by atoms with Crippen molar-refractivity contribution in [1.82, 2.24) is 10.2 Å². The first kappa shape index (κ1) is 18.8. The first-order valence-corrected chi connectivity index (χ1v) is 8.98. The fourth-order valence-corrected chi connectivity index (χ4v) is 3.44. The van der Waals surface area contributed by atoms with Gasteiger partial charge in [0, 0.05) is 17.7 Å². The Kier molecular flexibility index (Phi) is 5.96. The molecule has 0 aromatic heterocycles. The standard InChI is InChI=1S/C21H24N2O4/c1-26-16-10-11-19(27-2)17(13-16)18-9-6-12-23(18)20(24)14-22-21(25)15-7-4-3-5-8-15/h3-5,7-8,10-11,13,18H,6,9,12,14H2,1-2H3,(H,22,25). The number of nitrogens with one attached hydrogen (secondary N) is 1. The number of nitrogens with zero attached hydrogens (tertiary/aromatic N) is 1. The molecule has 6 nitrogen and oxygen atoms in total. The highest BCUT2D eigenvalue weighted by Gasteiger charge is 2.32. The van der Waals surface area contributed by atoms with E-state index in [9.17, 15) is 9.59 Å². The van der Waals surface area contributed by atoms with Crippen LogP contribution >= 0.6 is 0 Å². The summed E-state index contributed by atoms with van der Waals surface area (Å²) in [6.07, 6.45) is 1.76. The average Bonchev–Trinajstić information content (AvgIpc) is 3.21. The maximum absolute atomic E-state index is 12.8. The van der Waals surface area contributed by atoms with E-state index in [-0.39, 0.29) is 24.4 Å². The Morgan fingerprint density at radius 3 is 2.59 bits per heavy atom. The monoisotopic (exact) mass is 368 g/mol. The second-order valence-electron chi connectivity index (χ2n) is 6.40. The third-order valence-electron chi connectivity index (χ3n) is 4.81. The molecule has 2 aromatic carbocycles. The van der Waals surface area contributed by atoms with Crippen molar-refractivity contribution >= 4 is 11.8 Å². The van der Waals surface area contributed by atoms with Crippen LogP contribution in [-0.2, 0) is 4.79 Å². The van der Waals surface area contributed by atoms with E-state index in [2.05, 4.69) is 5.32 Å². The van der Waals surface area contributed by atoms with E-state index in [4.69, 9.17) is 9.47 Å². The van der Waals surface area contributed by atoms with Crippen molar-refractivity contribution in [1.29, 1.82) is 0 Å². The predicted octanol–water partition coefficient (Wildman–Crippen LogP) is 2.80. The van der Waals surface area contributed by atoms with E-state index in [0.29, 0.717) is 12.1 Å². The lowest BCUT2D eigenvalue weighted by Gasteiger charge is -2.27. The lowest BCUT2D eigenvalue weighted by atomic mass is 10.0. The molecule has 0 aliphatic carbocycles. The van der Waals surface area contributed by atoms with E-state index in [1.807, 2.05) is 29.2 Å². The van der Waals surface area contributed by atoms with Crippen molar-refractivity contribution in [2.24, 2.45) is 0 Å². The van der Waals surface area contributed by atoms with Gasteiger partial charge in [0.15, 0.2) is 0 Å². The first-order valence-electron chi connectivity index (χ1n) is 8.98. The number of hydrogen-bond acceptors (Lipinski definition) is 4. The number of amides is 2. The number of likely N-dealkylation sites (tertiary alicyclic amines) is 1. The zero-order valence-electron chi connectivity index (χ0n) is 15.6. The van der Waals surface area contributed by atoms with Crippen molar-refractivity contribution in [2.75, 3.05) is 27.3 Å². The summed E-state index contributed by atoms with van der Waals surface area (Å²) >= 11 is 0. The largest absolute Gasteiger partial charge is 0.497 e. The van der Waals surface area contributed by atoms with Crippen LogP contribution in [0.4, 0.5) is 0 Å². The molecule has 27 heavy (non-hydrogen) atoms. The van der Waals surface area contributed by atoms with Crippen molar-refractivity contribution in [3.05, 3.63) is 59.7 Å². The van der Waals surface area contributed by atoms with Crippen LogP contribution in [0.15, 0.2) is 48.5 Å². The summed E-state index contributed by atoms with van der Waals surface area (Å²) in [6, 6.07) is 14.4. The lowest BCUT2D eigenvalue weighted by Crippen LogP contribution is -2.39. The van der Waals surface area contributed by atoms with Crippen LogP contribution in [0.5, 0.6) is 11.5 Å². The zero-order chi connectivity index (χ0) is 19.2. The molecule has 0 saturated carbocycles. The Hall–Kier alpha value is -3.02. The molecule has 2 amide bonds. The van der Waals surface area contributed by atoms with Gasteiger partial charge in [-0.25, -0.2) is 0 Å². The Labute approximate surface area is 159 Å². The Morgan fingerprint density at radius 2 is 1.89 bits per heavy atom. The van der Waals surface area contributed by atoms with Gasteiger partial charge in [-0.15, -0.1) is 0 Å². The van der Waals surface area contributed by atoms with Gasteiger partial charge in [-0.2, -0.15) is 0 Å². The minimum Gasteiger partial charge on any atom is -0.497 e. The van der Waals surface area contributed by atoms with Gasteiger partial charge in [-0.3, -0.25) is 9.59 Å². The number of carbonyl (C=O) groups excluding carboxylic acids is 2. The molecule has 0 radical (unpaired) electrons. The van der Waals surface area contributed by atoms with E-state index in [1.165, 1.54) is 0 Å². The van der Waals surface area contributed by atoms with E-state index < -0.39 is 0 Å². The molecule has 1 aliphatic rings. The molecule has 2 aromatic rings. The molecule has 1 heterocycles. The van der Waals surface area contributed by atoms with Gasteiger partial charge in [0.05, 0.1) is 26.8 Å². The number of benzene rings is 2. The summed E-state index contributed by atoms with van der Waals surface area (Å²) in [4.78, 5) is 26.7. The van der Waals surface area contributed by atoms with E-state index in [1.54, 1.807) is 38.5 Å². The fraction of sp³-hybridized carbons (Fsp3) is 0.333. The van der Waals surface area contributed by atoms with Crippen LogP contribution in [0.1, 0.15) is 34.8 Å². The van der Waals surface area contributed by atoms with Crippen LogP contribution in [0.25, 0.3) is 0 Å². The van der Waals surface area contributed by atoms with Gasteiger partial charge >= 0.3 is 0 Å². The minimum absolute atomic E-state index is 0.0312. The van der Waals surface area contributed by atoms with Gasteiger partial charge in [-0.1, -0.05) is 18.2 Å². The number of carbonyl (C=O) groups is 2. The maximum Gasteiger partial charge on any atom is 0.251 e. The Balaban J connectivity index is 1.71. The third-order valence-corrected chi connectivity index (χ3v) is 4.81. The van der Waals surface area contributed by atoms with Gasteiger partial charge < -0.3 is 19.7 Å². The van der Waals surface area contributed by atoms with Crippen molar-refractivity contribution in [3.8, 4) is 11.5 Å². The highest BCUT2D eigenvalue weighted by Crippen LogP contribution is 2.38. The van der Waals surface area contributed by atoms with Crippen molar-refractivity contribution in [3.63, 3.8) is 0 Å². The van der Waals surface area contributed by atoms with Gasteiger partial charge in [0.25, 0.3) is 5.91 Å². The SMILES string of the molecule is COc1ccc(OC)c(C2CCCN2C(=O)CNC(=O)c2ccccc2)c1. The second-order valence-corrected chi connectivity index (χ2v) is 6.40. The topological polar surface area (TPSA) is 67.9 Å². The molecule has 1 saturated heterocycles. The molecule has 1 atom stereocenters. The van der Waals surface area contributed by atoms with Crippen molar-refractivity contribution in [2.45, 2.75) is 18.9 Å². The lowest BCUT2D eigenvalue weighted by molar-refractivity contribution is -0.131. The third kappa shape index (κ3) is 4.22. The van der Waals surface area contributed by atoms with Crippen LogP contribution in [0, 0.1) is 0 Å². The quantitative estimate of drug-likeness (QED) is 0.851. The van der Waals surface area contributed by atoms with Crippen LogP contribution < -0.4 is 14.8 Å². The molecule has 3 rings (SSSR count). The van der Waals surface area contributed by atoms with E-state index in [0.717, 1.165) is 29.9 Å². The second kappa shape index (κ2) is 8.58. The normalized spacial score (nSPS) is 16.1. The van der Waals surface area contributed by atoms with Gasteiger partial charge in [0.2, 0.25) is 5.91 Å². The van der Waals surface area contributed by atoms with Crippen molar-refractivity contribution < 1.29 is 19.1 Å². The summed E-state index contributed by atoms with van der Waals surface area (Å²) in [6.45, 7) is 0.627. The van der Waals surface area contributed by atoms with E-state index >= 15 is 0 Å². The molecule has 0 bridgehead atoms. The summed E-state index contributed by atoms with van der Waals surface area (Å²) in [5, 5.41) is 2.71. The molecular weight excluding hydrogens is 344 g/mol. The molecule has 6 heteroatoms. The molecule has 1 aliphatic heterocycles. The highest BCUT2D eigenvalue weighted by molar-refractivity contribution is 5.96. The predicted molar refractivity (Wildman–Crippen MR) is 102 cm³/mol. The molecule has 142 valence electrons. The molecular formula is C21H24N2O4. The smallest absolute Gasteiger partial charge is 0.251 e. The first-order chi connectivity index (χ1) is 13.1. The highest BCUT2D eigenvalue weighted by atomic mass is 16.5. The summed E-state index contributed by atoms with van der Waals surface area (Å²) < 4.78 is 10.8. The molecule has 0 spiro atoms. The molecule has 1 N–H and O–H groups in total. The Morgan fingerprint density at radius 1 is 1.11 bits per heavy atom.